The Bertz CT molecular complexity index is 386. The van der Waals surface area contributed by atoms with E-state index < -0.39 is 5.60 Å². The van der Waals surface area contributed by atoms with E-state index in [1.165, 1.54) is 4.90 Å². The fraction of sp³-hybridized carbons (Fsp3) is 0.667. The summed E-state index contributed by atoms with van der Waals surface area (Å²) in [5.74, 6) is 0. The third-order valence-corrected chi connectivity index (χ3v) is 3.58. The minimum absolute atomic E-state index is 0.310. The van der Waals surface area contributed by atoms with Crippen LogP contribution in [-0.2, 0) is 9.47 Å². The van der Waals surface area contributed by atoms with Crippen LogP contribution in [0.15, 0.2) is 12.3 Å². The number of amides is 2. The van der Waals surface area contributed by atoms with E-state index in [0.717, 1.165) is 0 Å². The van der Waals surface area contributed by atoms with E-state index in [2.05, 4.69) is 6.58 Å². The zero-order valence-corrected chi connectivity index (χ0v) is 10.8. The van der Waals surface area contributed by atoms with Gasteiger partial charge in [-0.2, -0.15) is 0 Å². The highest BCUT2D eigenvalue weighted by Gasteiger charge is 2.49. The first-order valence-electron chi connectivity index (χ1n) is 6.08. The van der Waals surface area contributed by atoms with Crippen molar-refractivity contribution in [3.8, 4) is 0 Å². The molecule has 1 spiro atoms. The number of likely N-dealkylation sites (tertiary alicyclic amines) is 1. The minimum atomic E-state index is -0.630. The number of carbonyl (C=O) groups excluding carboxylic acids is 2. The van der Waals surface area contributed by atoms with Gasteiger partial charge < -0.3 is 14.4 Å². The Hall–Kier alpha value is -1.72. The van der Waals surface area contributed by atoms with Crippen molar-refractivity contribution >= 4 is 12.2 Å². The molecule has 2 amide bonds. The van der Waals surface area contributed by atoms with Crippen molar-refractivity contribution in [2.75, 3.05) is 26.7 Å². The molecule has 0 N–H and O–H groups in total. The molecule has 2 aliphatic rings. The summed E-state index contributed by atoms with van der Waals surface area (Å²) in [6.07, 6.45) is 0.460. The number of nitrogens with zero attached hydrogens (tertiary/aromatic N) is 2. The second kappa shape index (κ2) is 4.51. The maximum absolute atomic E-state index is 11.6. The van der Waals surface area contributed by atoms with Crippen molar-refractivity contribution in [3.63, 3.8) is 0 Å². The van der Waals surface area contributed by atoms with Gasteiger partial charge in [-0.05, 0) is 6.92 Å². The molecule has 0 unspecified atom stereocenters. The SMILES string of the molecule is C=C1N(C)C(=O)OC12CCN(C(=O)OCC)CC2. The van der Waals surface area contributed by atoms with Crippen LogP contribution in [0.3, 0.4) is 0 Å². The Labute approximate surface area is 106 Å². The van der Waals surface area contributed by atoms with Crippen molar-refractivity contribution in [2.45, 2.75) is 25.4 Å². The summed E-state index contributed by atoms with van der Waals surface area (Å²) in [6.45, 7) is 7.08. The molecular weight excluding hydrogens is 236 g/mol. The van der Waals surface area contributed by atoms with E-state index in [1.54, 1.807) is 18.9 Å². The lowest BCUT2D eigenvalue weighted by Crippen LogP contribution is -2.47. The first kappa shape index (κ1) is 12.7. The van der Waals surface area contributed by atoms with Gasteiger partial charge in [0.05, 0.1) is 12.3 Å². The summed E-state index contributed by atoms with van der Waals surface area (Å²) in [5.41, 5.74) is 0.0467. The number of likely N-dealkylation sites (N-methyl/N-ethyl adjacent to an activating group) is 1. The molecule has 6 heteroatoms. The maximum Gasteiger partial charge on any atom is 0.414 e. The van der Waals surface area contributed by atoms with Gasteiger partial charge in [0, 0.05) is 33.0 Å². The topological polar surface area (TPSA) is 59.1 Å². The normalized spacial score (nSPS) is 22.3. The van der Waals surface area contributed by atoms with Gasteiger partial charge in [0.1, 0.15) is 0 Å². The Kier molecular flexibility index (Phi) is 3.19. The predicted molar refractivity (Wildman–Crippen MR) is 63.9 cm³/mol. The minimum Gasteiger partial charge on any atom is -0.450 e. The van der Waals surface area contributed by atoms with Crippen LogP contribution in [0.25, 0.3) is 0 Å². The van der Waals surface area contributed by atoms with Crippen molar-refractivity contribution in [1.82, 2.24) is 9.80 Å². The summed E-state index contributed by atoms with van der Waals surface area (Å²) in [7, 11) is 1.65. The molecule has 2 saturated heterocycles. The molecule has 0 aromatic carbocycles. The Balaban J connectivity index is 2.00. The lowest BCUT2D eigenvalue weighted by atomic mass is 9.89. The fourth-order valence-corrected chi connectivity index (χ4v) is 2.37. The molecule has 2 rings (SSSR count). The number of piperidine rings is 1. The van der Waals surface area contributed by atoms with Crippen molar-refractivity contribution in [3.05, 3.63) is 12.3 Å². The molecular formula is C12H18N2O4. The third kappa shape index (κ3) is 1.91. The summed E-state index contributed by atoms with van der Waals surface area (Å²) in [6, 6.07) is 0. The molecule has 18 heavy (non-hydrogen) atoms. The van der Waals surface area contributed by atoms with E-state index in [9.17, 15) is 9.59 Å². The standard InChI is InChI=1S/C12H18N2O4/c1-4-17-11(16)14-7-5-12(6-8-14)9(2)13(3)10(15)18-12/h2,4-8H2,1,3H3. The molecule has 0 atom stereocenters. The Morgan fingerprint density at radius 2 is 2.11 bits per heavy atom. The van der Waals surface area contributed by atoms with E-state index in [1.807, 2.05) is 0 Å². The molecule has 2 aliphatic heterocycles. The summed E-state index contributed by atoms with van der Waals surface area (Å²) >= 11 is 0. The lowest BCUT2D eigenvalue weighted by Gasteiger charge is -2.37. The summed E-state index contributed by atoms with van der Waals surface area (Å²) in [4.78, 5) is 26.2. The van der Waals surface area contributed by atoms with E-state index in [-0.39, 0.29) is 12.2 Å². The van der Waals surface area contributed by atoms with Crippen molar-refractivity contribution in [1.29, 1.82) is 0 Å². The van der Waals surface area contributed by atoms with Gasteiger partial charge in [0.25, 0.3) is 0 Å². The van der Waals surface area contributed by atoms with Crippen molar-refractivity contribution in [2.24, 2.45) is 0 Å². The van der Waals surface area contributed by atoms with Crippen LogP contribution in [-0.4, -0.2) is 54.3 Å². The van der Waals surface area contributed by atoms with Gasteiger partial charge in [-0.15, -0.1) is 0 Å². The smallest absolute Gasteiger partial charge is 0.414 e. The molecule has 2 fully saturated rings. The van der Waals surface area contributed by atoms with Crippen LogP contribution in [0.5, 0.6) is 0 Å². The van der Waals surface area contributed by atoms with E-state index in [0.29, 0.717) is 38.2 Å². The van der Waals surface area contributed by atoms with E-state index >= 15 is 0 Å². The van der Waals surface area contributed by atoms with Gasteiger partial charge in [-0.1, -0.05) is 6.58 Å². The van der Waals surface area contributed by atoms with E-state index in [4.69, 9.17) is 9.47 Å². The van der Waals surface area contributed by atoms with Gasteiger partial charge in [-0.3, -0.25) is 4.90 Å². The summed E-state index contributed by atoms with van der Waals surface area (Å²) in [5, 5.41) is 0. The highest BCUT2D eigenvalue weighted by atomic mass is 16.6. The molecule has 6 nitrogen and oxygen atoms in total. The second-order valence-electron chi connectivity index (χ2n) is 4.55. The summed E-state index contributed by atoms with van der Waals surface area (Å²) < 4.78 is 10.4. The maximum atomic E-state index is 11.6. The third-order valence-electron chi connectivity index (χ3n) is 3.58. The average molecular weight is 254 g/mol. The quantitative estimate of drug-likeness (QED) is 0.712. The number of ether oxygens (including phenoxy) is 2. The first-order chi connectivity index (χ1) is 8.50. The van der Waals surface area contributed by atoms with Crippen LogP contribution in [0.4, 0.5) is 9.59 Å². The monoisotopic (exact) mass is 254 g/mol. The molecule has 0 aromatic rings. The van der Waals surface area contributed by atoms with Gasteiger partial charge in [0.15, 0.2) is 5.60 Å². The Morgan fingerprint density at radius 1 is 1.50 bits per heavy atom. The Morgan fingerprint density at radius 3 is 2.56 bits per heavy atom. The molecule has 0 radical (unpaired) electrons. The van der Waals surface area contributed by atoms with Gasteiger partial charge in [0.2, 0.25) is 0 Å². The predicted octanol–water partition coefficient (Wildman–Crippen LogP) is 1.57. The van der Waals surface area contributed by atoms with Crippen LogP contribution in [0.2, 0.25) is 0 Å². The molecule has 100 valence electrons. The molecule has 0 bridgehead atoms. The van der Waals surface area contributed by atoms with Crippen molar-refractivity contribution < 1.29 is 19.1 Å². The highest BCUT2D eigenvalue weighted by Crippen LogP contribution is 2.39. The zero-order chi connectivity index (χ0) is 13.3. The highest BCUT2D eigenvalue weighted by molar-refractivity contribution is 5.74. The zero-order valence-electron chi connectivity index (χ0n) is 10.8. The first-order valence-corrected chi connectivity index (χ1v) is 6.08. The van der Waals surface area contributed by atoms with Gasteiger partial charge in [-0.25, -0.2) is 9.59 Å². The fourth-order valence-electron chi connectivity index (χ4n) is 2.37. The number of rotatable bonds is 1. The number of carbonyl (C=O) groups is 2. The second-order valence-corrected chi connectivity index (χ2v) is 4.55. The average Bonchev–Trinajstić information content (AvgIpc) is 2.56. The number of hydrogen-bond acceptors (Lipinski definition) is 4. The molecule has 0 aromatic heterocycles. The molecule has 0 aliphatic carbocycles. The van der Waals surface area contributed by atoms with Crippen LogP contribution in [0.1, 0.15) is 19.8 Å². The van der Waals surface area contributed by atoms with Gasteiger partial charge >= 0.3 is 12.2 Å². The van der Waals surface area contributed by atoms with Crippen LogP contribution < -0.4 is 0 Å². The van der Waals surface area contributed by atoms with Crippen LogP contribution in [0, 0.1) is 0 Å². The molecule has 0 saturated carbocycles. The molecule has 2 heterocycles. The lowest BCUT2D eigenvalue weighted by molar-refractivity contribution is 0.0128. The number of hydrogen-bond donors (Lipinski definition) is 0. The van der Waals surface area contributed by atoms with Crippen LogP contribution >= 0.6 is 0 Å². The largest absolute Gasteiger partial charge is 0.450 e.